The summed E-state index contributed by atoms with van der Waals surface area (Å²) < 4.78 is 5.24. The number of nitrogens with zero attached hydrogens (tertiary/aromatic N) is 1. The number of rotatable bonds is 4. The number of carboxylic acid groups (broad SMARTS) is 1. The Hall–Kier alpha value is -2.56. The molecule has 1 heterocycles. The maximum absolute atomic E-state index is 12.9. The number of hydrogen-bond donors (Lipinski definition) is 1. The van der Waals surface area contributed by atoms with Crippen LogP contribution in [0.25, 0.3) is 10.8 Å². The largest absolute Gasteiger partial charge is 0.497 e. The zero-order chi connectivity index (χ0) is 18.1. The number of methoxy groups -OCH3 is 1. The van der Waals surface area contributed by atoms with E-state index in [4.69, 9.17) is 4.74 Å². The van der Waals surface area contributed by atoms with Gasteiger partial charge in [0.05, 0.1) is 18.9 Å². The lowest BCUT2D eigenvalue weighted by Crippen LogP contribution is -2.39. The Morgan fingerprint density at radius 3 is 2.52 bits per heavy atom. The minimum Gasteiger partial charge on any atom is -0.497 e. The van der Waals surface area contributed by atoms with Crippen molar-refractivity contribution in [2.75, 3.05) is 13.7 Å². The summed E-state index contributed by atoms with van der Waals surface area (Å²) in [5.41, 5.74) is 0.939. The van der Waals surface area contributed by atoms with Crippen LogP contribution in [0.3, 0.4) is 0 Å². The van der Waals surface area contributed by atoms with Crippen molar-refractivity contribution in [2.24, 2.45) is 5.92 Å². The molecular weight excluding hydrogens is 318 g/mol. The number of amides is 1. The molecule has 3 unspecified atom stereocenters. The first-order chi connectivity index (χ1) is 11.9. The van der Waals surface area contributed by atoms with Crippen LogP contribution in [0.15, 0.2) is 36.4 Å². The van der Waals surface area contributed by atoms with E-state index in [0.717, 1.165) is 22.1 Å². The van der Waals surface area contributed by atoms with Gasteiger partial charge in [0.1, 0.15) is 5.75 Å². The van der Waals surface area contributed by atoms with Crippen molar-refractivity contribution in [2.45, 2.75) is 32.2 Å². The Bertz CT molecular complexity index is 816. The summed E-state index contributed by atoms with van der Waals surface area (Å²) in [6.07, 6.45) is 0.520. The molecule has 3 atom stereocenters. The van der Waals surface area contributed by atoms with Gasteiger partial charge in [0.2, 0.25) is 5.91 Å². The molecule has 0 aliphatic carbocycles. The molecule has 25 heavy (non-hydrogen) atoms. The maximum atomic E-state index is 12.9. The molecule has 1 aliphatic heterocycles. The predicted octanol–water partition coefficient (Wildman–Crippen LogP) is 3.27. The average molecular weight is 341 g/mol. The van der Waals surface area contributed by atoms with Crippen molar-refractivity contribution < 1.29 is 19.4 Å². The molecule has 0 radical (unpaired) electrons. The fourth-order valence-electron chi connectivity index (χ4n) is 3.61. The molecule has 0 aromatic heterocycles. The van der Waals surface area contributed by atoms with Crippen LogP contribution in [-0.2, 0) is 9.59 Å². The van der Waals surface area contributed by atoms with Gasteiger partial charge in [-0.3, -0.25) is 9.59 Å². The van der Waals surface area contributed by atoms with E-state index in [9.17, 15) is 14.7 Å². The molecule has 0 bridgehead atoms. The van der Waals surface area contributed by atoms with Gasteiger partial charge in [0.25, 0.3) is 0 Å². The smallest absolute Gasteiger partial charge is 0.308 e. The van der Waals surface area contributed by atoms with E-state index in [1.54, 1.807) is 12.0 Å². The lowest BCUT2D eigenvalue weighted by molar-refractivity contribution is -0.143. The zero-order valence-corrected chi connectivity index (χ0v) is 14.7. The number of aliphatic carboxylic acids is 1. The third-order valence-corrected chi connectivity index (χ3v) is 5.30. The van der Waals surface area contributed by atoms with Crippen molar-refractivity contribution in [1.29, 1.82) is 0 Å². The lowest BCUT2D eigenvalue weighted by atomic mass is 9.96. The first kappa shape index (κ1) is 17.3. The van der Waals surface area contributed by atoms with E-state index in [1.165, 1.54) is 0 Å². The molecule has 0 spiro atoms. The maximum Gasteiger partial charge on any atom is 0.308 e. The van der Waals surface area contributed by atoms with Gasteiger partial charge in [-0.15, -0.1) is 0 Å². The monoisotopic (exact) mass is 341 g/mol. The summed E-state index contributed by atoms with van der Waals surface area (Å²) in [6.45, 7) is 4.21. The van der Waals surface area contributed by atoms with E-state index in [1.807, 2.05) is 50.2 Å². The third kappa shape index (κ3) is 3.18. The summed E-state index contributed by atoms with van der Waals surface area (Å²) in [6, 6.07) is 11.5. The Balaban J connectivity index is 1.82. The summed E-state index contributed by atoms with van der Waals surface area (Å²) in [5, 5.41) is 11.4. The molecule has 5 heteroatoms. The fraction of sp³-hybridized carbons (Fsp3) is 0.400. The number of carboxylic acids is 1. The van der Waals surface area contributed by atoms with E-state index >= 15 is 0 Å². The molecule has 5 nitrogen and oxygen atoms in total. The van der Waals surface area contributed by atoms with Crippen LogP contribution in [0.5, 0.6) is 5.75 Å². The second-order valence-electron chi connectivity index (χ2n) is 6.70. The molecule has 1 amide bonds. The van der Waals surface area contributed by atoms with Crippen LogP contribution in [0.2, 0.25) is 0 Å². The molecular formula is C20H23NO4. The van der Waals surface area contributed by atoms with Crippen LogP contribution in [0, 0.1) is 5.92 Å². The number of ether oxygens (including phenoxy) is 1. The first-order valence-electron chi connectivity index (χ1n) is 8.53. The first-order valence-corrected chi connectivity index (χ1v) is 8.53. The van der Waals surface area contributed by atoms with E-state index in [0.29, 0.717) is 13.0 Å². The number of carbonyl (C=O) groups is 2. The minimum absolute atomic E-state index is 0.0101. The molecule has 1 fully saturated rings. The molecule has 1 aliphatic rings. The summed E-state index contributed by atoms with van der Waals surface area (Å²) in [4.78, 5) is 25.9. The SMILES string of the molecule is COc1ccc2cc(C(C)C(=O)N3CCC(C(=O)O)C3C)ccc2c1. The second-order valence-corrected chi connectivity index (χ2v) is 6.70. The molecule has 2 aromatic rings. The Labute approximate surface area is 147 Å². The Kier molecular flexibility index (Phi) is 4.66. The molecule has 0 saturated carbocycles. The molecule has 1 saturated heterocycles. The molecule has 2 aromatic carbocycles. The van der Waals surface area contributed by atoms with Crippen LogP contribution in [0.4, 0.5) is 0 Å². The van der Waals surface area contributed by atoms with Gasteiger partial charge in [-0.2, -0.15) is 0 Å². The van der Waals surface area contributed by atoms with Gasteiger partial charge in [0.15, 0.2) is 0 Å². The van der Waals surface area contributed by atoms with Gasteiger partial charge >= 0.3 is 5.97 Å². The third-order valence-electron chi connectivity index (χ3n) is 5.30. The number of fused-ring (bicyclic) bond motifs is 1. The molecule has 132 valence electrons. The number of likely N-dealkylation sites (tertiary alicyclic amines) is 1. The van der Waals surface area contributed by atoms with Crippen molar-refractivity contribution in [3.8, 4) is 5.75 Å². The van der Waals surface area contributed by atoms with Crippen LogP contribution >= 0.6 is 0 Å². The number of benzene rings is 2. The van der Waals surface area contributed by atoms with Gasteiger partial charge in [-0.05, 0) is 48.7 Å². The van der Waals surface area contributed by atoms with Crippen molar-refractivity contribution >= 4 is 22.6 Å². The highest BCUT2D eigenvalue weighted by molar-refractivity contribution is 5.89. The highest BCUT2D eigenvalue weighted by Crippen LogP contribution is 2.30. The molecule has 1 N–H and O–H groups in total. The summed E-state index contributed by atoms with van der Waals surface area (Å²) >= 11 is 0. The fourth-order valence-corrected chi connectivity index (χ4v) is 3.61. The summed E-state index contributed by atoms with van der Waals surface area (Å²) in [7, 11) is 1.64. The average Bonchev–Trinajstić information content (AvgIpc) is 3.01. The van der Waals surface area contributed by atoms with Gasteiger partial charge in [0, 0.05) is 12.6 Å². The second kappa shape index (κ2) is 6.75. The topological polar surface area (TPSA) is 66.8 Å². The van der Waals surface area contributed by atoms with Crippen LogP contribution in [0.1, 0.15) is 31.7 Å². The minimum atomic E-state index is -0.824. The highest BCUT2D eigenvalue weighted by atomic mass is 16.5. The highest BCUT2D eigenvalue weighted by Gasteiger charge is 2.39. The van der Waals surface area contributed by atoms with Gasteiger partial charge in [-0.25, -0.2) is 0 Å². The Morgan fingerprint density at radius 2 is 1.88 bits per heavy atom. The number of carbonyl (C=O) groups excluding carboxylic acids is 1. The predicted molar refractivity (Wildman–Crippen MR) is 95.8 cm³/mol. The molecule has 3 rings (SSSR count). The van der Waals surface area contributed by atoms with Crippen molar-refractivity contribution in [3.05, 3.63) is 42.0 Å². The lowest BCUT2D eigenvalue weighted by Gasteiger charge is -2.26. The van der Waals surface area contributed by atoms with E-state index < -0.39 is 11.9 Å². The van der Waals surface area contributed by atoms with Crippen LogP contribution < -0.4 is 4.74 Å². The Morgan fingerprint density at radius 1 is 1.20 bits per heavy atom. The van der Waals surface area contributed by atoms with Gasteiger partial charge < -0.3 is 14.7 Å². The normalized spacial score (nSPS) is 21.3. The van der Waals surface area contributed by atoms with Crippen molar-refractivity contribution in [3.63, 3.8) is 0 Å². The van der Waals surface area contributed by atoms with Crippen molar-refractivity contribution in [1.82, 2.24) is 4.90 Å². The number of hydrogen-bond acceptors (Lipinski definition) is 3. The zero-order valence-electron chi connectivity index (χ0n) is 14.7. The van der Waals surface area contributed by atoms with E-state index in [-0.39, 0.29) is 17.9 Å². The van der Waals surface area contributed by atoms with Gasteiger partial charge in [-0.1, -0.05) is 24.3 Å². The standard InChI is InChI=1S/C20H23NO4/c1-12(19(22)21-9-8-18(13(21)2)20(23)24)14-4-5-16-11-17(25-3)7-6-15(16)10-14/h4-7,10-13,18H,8-9H2,1-3H3,(H,23,24). The van der Waals surface area contributed by atoms with Crippen LogP contribution in [-0.4, -0.2) is 41.6 Å². The quantitative estimate of drug-likeness (QED) is 0.927. The summed E-state index contributed by atoms with van der Waals surface area (Å²) in [5.74, 6) is -0.809. The van der Waals surface area contributed by atoms with E-state index in [2.05, 4.69) is 0 Å².